The van der Waals surface area contributed by atoms with Crippen molar-refractivity contribution in [3.05, 3.63) is 36.5 Å². The summed E-state index contributed by atoms with van der Waals surface area (Å²) >= 11 is 0. The molecule has 0 aromatic heterocycles. The van der Waals surface area contributed by atoms with Gasteiger partial charge in [-0.2, -0.15) is 0 Å². The van der Waals surface area contributed by atoms with E-state index >= 15 is 0 Å². The Morgan fingerprint density at radius 1 is 0.392 bits per heavy atom. The van der Waals surface area contributed by atoms with Crippen LogP contribution in [0.15, 0.2) is 36.5 Å². The van der Waals surface area contributed by atoms with E-state index in [1.165, 1.54) is 161 Å². The second-order valence-corrected chi connectivity index (χ2v) is 22.7. The van der Waals surface area contributed by atoms with E-state index in [4.69, 9.17) is 23.7 Å². The highest BCUT2D eigenvalue weighted by Gasteiger charge is 2.42. The highest BCUT2D eigenvalue weighted by molar-refractivity contribution is 5.70. The number of allylic oxidation sites excluding steroid dienone is 6. The Morgan fingerprint density at radius 2 is 0.671 bits per heavy atom. The minimum atomic E-state index is -1.19. The van der Waals surface area contributed by atoms with E-state index in [-0.39, 0.29) is 44.8 Å². The normalized spacial score (nSPS) is 20.1. The predicted molar refractivity (Wildman–Crippen MR) is 320 cm³/mol. The molecule has 8 atom stereocenters. The average Bonchev–Trinajstić information content (AvgIpc) is 3.98. The van der Waals surface area contributed by atoms with E-state index in [0.717, 1.165) is 89.9 Å². The van der Waals surface area contributed by atoms with Gasteiger partial charge in [0.2, 0.25) is 0 Å². The number of aliphatic hydroxyl groups excluding tert-OH is 5. The van der Waals surface area contributed by atoms with Crippen LogP contribution in [0, 0.1) is 0 Å². The van der Waals surface area contributed by atoms with Gasteiger partial charge in [-0.3, -0.25) is 14.4 Å². The topological polar surface area (TPSA) is 199 Å². The standard InChI is InChI=1S/C42H76O7.C24H44O6/c1-3-5-7-9-11-13-15-17-19-21-23-25-27-29-31-33-39(44)47-36-38(42-41(46)37(43)35-48-42)49-40(45)34-32-30-28-26-24-22-20-18-16-14-12-10-8-6-4-2;1-2-3-4-5-6-7-8-9-10-11-12-13-14-15-16-17-22(27)29-19-21(26)24-23(28)20(25)18-30-24/h17-20,37-38,41-43,46H,3-16,21-36H2,1-2H3;9-10,20-21,23-26,28H,2-8,11-19H2,1H3/b19-17+,20-18+;10-9+. The molecule has 0 radical (unpaired) electrons. The summed E-state index contributed by atoms with van der Waals surface area (Å²) in [6, 6.07) is 0. The first-order valence-corrected chi connectivity index (χ1v) is 32.6. The second-order valence-electron chi connectivity index (χ2n) is 22.7. The third-order valence-electron chi connectivity index (χ3n) is 15.2. The van der Waals surface area contributed by atoms with Gasteiger partial charge in [0.1, 0.15) is 55.9 Å². The molecule has 2 saturated heterocycles. The number of aliphatic hydroxyl groups is 5. The molecule has 0 bridgehead atoms. The molecule has 13 heteroatoms. The molecule has 0 saturated carbocycles. The van der Waals surface area contributed by atoms with E-state index in [0.29, 0.717) is 12.8 Å². The number of hydrogen-bond acceptors (Lipinski definition) is 13. The van der Waals surface area contributed by atoms with Crippen molar-refractivity contribution in [2.24, 2.45) is 0 Å². The van der Waals surface area contributed by atoms with E-state index in [9.17, 15) is 39.9 Å². The fourth-order valence-electron chi connectivity index (χ4n) is 9.95. The van der Waals surface area contributed by atoms with Crippen LogP contribution in [0.2, 0.25) is 0 Å². The number of carbonyl (C=O) groups excluding carboxylic acids is 3. The Kier molecular flexibility index (Phi) is 51.4. The van der Waals surface area contributed by atoms with Crippen LogP contribution >= 0.6 is 0 Å². The molecule has 0 amide bonds. The lowest BCUT2D eigenvalue weighted by atomic mass is 10.1. The van der Waals surface area contributed by atoms with Crippen LogP contribution in [-0.2, 0) is 38.1 Å². The maximum Gasteiger partial charge on any atom is 0.306 e. The maximum atomic E-state index is 12.6. The van der Waals surface area contributed by atoms with Crippen LogP contribution < -0.4 is 0 Å². The van der Waals surface area contributed by atoms with Crippen LogP contribution in [0.25, 0.3) is 0 Å². The molecule has 5 N–H and O–H groups in total. The number of hydrogen-bond donors (Lipinski definition) is 5. The van der Waals surface area contributed by atoms with Crippen LogP contribution in [0.5, 0.6) is 0 Å². The zero-order valence-corrected chi connectivity index (χ0v) is 50.6. The minimum Gasteiger partial charge on any atom is -0.463 e. The quantitative estimate of drug-likeness (QED) is 0.0167. The van der Waals surface area contributed by atoms with Gasteiger partial charge in [-0.15, -0.1) is 0 Å². The monoisotopic (exact) mass is 1120 g/mol. The molecular formula is C66H120O13. The molecule has 79 heavy (non-hydrogen) atoms. The average molecular weight is 1120 g/mol. The third kappa shape index (κ3) is 43.7. The molecule has 2 fully saturated rings. The fraction of sp³-hybridized carbons (Fsp3) is 0.864. The number of esters is 3. The lowest BCUT2D eigenvalue weighted by Gasteiger charge is -2.25. The van der Waals surface area contributed by atoms with Gasteiger partial charge >= 0.3 is 17.9 Å². The van der Waals surface area contributed by atoms with Crippen LogP contribution in [0.4, 0.5) is 0 Å². The molecule has 2 aliphatic rings. The van der Waals surface area contributed by atoms with E-state index in [1.807, 2.05) is 0 Å². The Bertz CT molecular complexity index is 1490. The highest BCUT2D eigenvalue weighted by atomic mass is 16.6. The van der Waals surface area contributed by atoms with Crippen molar-refractivity contribution >= 4 is 17.9 Å². The smallest absolute Gasteiger partial charge is 0.306 e. The maximum absolute atomic E-state index is 12.6. The summed E-state index contributed by atoms with van der Waals surface area (Å²) in [7, 11) is 0. The minimum absolute atomic E-state index is 0.0221. The zero-order valence-electron chi connectivity index (χ0n) is 50.6. The summed E-state index contributed by atoms with van der Waals surface area (Å²) in [6.45, 7) is 6.28. The van der Waals surface area contributed by atoms with E-state index in [1.54, 1.807) is 0 Å². The lowest BCUT2D eigenvalue weighted by molar-refractivity contribution is -0.170. The van der Waals surface area contributed by atoms with Crippen LogP contribution in [0.3, 0.4) is 0 Å². The fourth-order valence-corrected chi connectivity index (χ4v) is 9.95. The Morgan fingerprint density at radius 3 is 0.987 bits per heavy atom. The molecule has 8 unspecified atom stereocenters. The van der Waals surface area contributed by atoms with E-state index < -0.39 is 54.8 Å². The first kappa shape index (κ1) is 74.4. The molecule has 2 rings (SSSR count). The van der Waals surface area contributed by atoms with Gasteiger partial charge in [-0.05, 0) is 96.3 Å². The lowest BCUT2D eigenvalue weighted by Crippen LogP contribution is -2.44. The van der Waals surface area contributed by atoms with Crippen LogP contribution in [-0.4, -0.2) is 119 Å². The summed E-state index contributed by atoms with van der Waals surface area (Å²) in [5.41, 5.74) is 0. The zero-order chi connectivity index (χ0) is 57.7. The van der Waals surface area contributed by atoms with E-state index in [2.05, 4.69) is 57.2 Å². The Labute approximate surface area is 481 Å². The van der Waals surface area contributed by atoms with Crippen molar-refractivity contribution in [2.75, 3.05) is 26.4 Å². The molecular weight excluding hydrogens is 1000 g/mol. The van der Waals surface area contributed by atoms with Crippen LogP contribution in [0.1, 0.15) is 290 Å². The first-order valence-electron chi connectivity index (χ1n) is 32.6. The van der Waals surface area contributed by atoms with Gasteiger partial charge in [0, 0.05) is 19.3 Å². The summed E-state index contributed by atoms with van der Waals surface area (Å²) < 4.78 is 26.8. The van der Waals surface area contributed by atoms with Crippen molar-refractivity contribution in [3.8, 4) is 0 Å². The number of rotatable bonds is 52. The molecule has 2 heterocycles. The van der Waals surface area contributed by atoms with Gasteiger partial charge in [0.05, 0.1) is 13.2 Å². The molecule has 0 aliphatic carbocycles. The molecule has 0 spiro atoms. The summed E-state index contributed by atoms with van der Waals surface area (Å²) in [5, 5.41) is 49.3. The van der Waals surface area contributed by atoms with Gasteiger partial charge < -0.3 is 49.2 Å². The summed E-state index contributed by atoms with van der Waals surface area (Å²) in [5.74, 6) is -1.09. The van der Waals surface area contributed by atoms with Crippen molar-refractivity contribution in [1.29, 1.82) is 0 Å². The molecule has 13 nitrogen and oxygen atoms in total. The van der Waals surface area contributed by atoms with Crippen molar-refractivity contribution < 1.29 is 63.6 Å². The summed E-state index contributed by atoms with van der Waals surface area (Å²) in [6.07, 6.45) is 53.1. The predicted octanol–water partition coefficient (Wildman–Crippen LogP) is 14.7. The molecule has 0 aromatic carbocycles. The van der Waals surface area contributed by atoms with Gasteiger partial charge in [0.25, 0.3) is 0 Å². The highest BCUT2D eigenvalue weighted by Crippen LogP contribution is 2.23. The first-order chi connectivity index (χ1) is 38.5. The Balaban J connectivity index is 0.000000887. The number of unbranched alkanes of at least 4 members (excludes halogenated alkanes) is 33. The molecule has 2 aliphatic heterocycles. The van der Waals surface area contributed by atoms with Crippen molar-refractivity contribution in [2.45, 2.75) is 339 Å². The van der Waals surface area contributed by atoms with Gasteiger partial charge in [-0.1, -0.05) is 211 Å². The van der Waals surface area contributed by atoms with Crippen molar-refractivity contribution in [1.82, 2.24) is 0 Å². The SMILES string of the molecule is CCCCCCCC/C=C/CCCCCCCC(=O)OCC(O)C1OCC(O)C1O.CCCCCCCC/C=C/CCCCCCCC(=O)OCC(OC(=O)CCCCCCC/C=C/CCCCCCCC)C1OCC(O)C1O. The van der Waals surface area contributed by atoms with Gasteiger partial charge in [0.15, 0.2) is 6.10 Å². The Hall–Kier alpha value is -2.65. The summed E-state index contributed by atoms with van der Waals surface area (Å²) in [4.78, 5) is 36.8. The second kappa shape index (κ2) is 54.6. The third-order valence-corrected chi connectivity index (χ3v) is 15.2. The van der Waals surface area contributed by atoms with Crippen molar-refractivity contribution in [3.63, 3.8) is 0 Å². The molecule has 0 aromatic rings. The number of carbonyl (C=O) groups is 3. The molecule has 462 valence electrons. The number of ether oxygens (including phenoxy) is 5. The largest absolute Gasteiger partial charge is 0.463 e. The van der Waals surface area contributed by atoms with Gasteiger partial charge in [-0.25, -0.2) is 0 Å².